The van der Waals surface area contributed by atoms with Gasteiger partial charge in [0.1, 0.15) is 11.6 Å². The molecule has 0 saturated carbocycles. The number of nitrogens with zero attached hydrogens (tertiary/aromatic N) is 2. The van der Waals surface area contributed by atoms with Crippen LogP contribution in [-0.2, 0) is 0 Å². The first kappa shape index (κ1) is 13.0. The third-order valence-electron chi connectivity index (χ3n) is 3.39. The minimum absolute atomic E-state index is 0.00692. The minimum atomic E-state index is 0.00692. The van der Waals surface area contributed by atoms with Gasteiger partial charge in [0.2, 0.25) is 0 Å². The van der Waals surface area contributed by atoms with Crippen LogP contribution >= 0.6 is 0 Å². The zero-order valence-electron chi connectivity index (χ0n) is 11.8. The lowest BCUT2D eigenvalue weighted by Gasteiger charge is -2.30. The minimum Gasteiger partial charge on any atom is -0.494 e. The van der Waals surface area contributed by atoms with Crippen molar-refractivity contribution in [1.29, 1.82) is 0 Å². The Labute approximate surface area is 120 Å². The van der Waals surface area contributed by atoms with Gasteiger partial charge in [-0.1, -0.05) is 12.1 Å². The number of hydrogen-bond acceptors (Lipinski definition) is 3. The normalized spacial score (nSPS) is 21.1. The molecule has 3 nitrogen and oxygen atoms in total. The van der Waals surface area contributed by atoms with Crippen molar-refractivity contribution >= 4 is 5.84 Å². The molecular weight excluding hydrogens is 248 g/mol. The van der Waals surface area contributed by atoms with Crippen molar-refractivity contribution in [1.82, 2.24) is 4.90 Å². The Morgan fingerprint density at radius 2 is 2.15 bits per heavy atom. The van der Waals surface area contributed by atoms with E-state index in [0.717, 1.165) is 23.7 Å². The zero-order valence-corrected chi connectivity index (χ0v) is 11.8. The lowest BCUT2D eigenvalue weighted by molar-refractivity contribution is 0.340. The molecule has 0 amide bonds. The standard InChI is InChI=1S/C17H18N2O/c1-3-20-15-6-4-14(5-7-15)16-9-11-19-10-8-13(2)12-17(19)18-16/h4-8,10,12,16H,3,11H2,1-2H3. The van der Waals surface area contributed by atoms with Crippen LogP contribution in [-0.4, -0.2) is 23.9 Å². The maximum atomic E-state index is 5.47. The van der Waals surface area contributed by atoms with E-state index in [2.05, 4.69) is 48.7 Å². The topological polar surface area (TPSA) is 24.8 Å². The average molecular weight is 266 g/mol. The number of benzene rings is 1. The summed E-state index contributed by atoms with van der Waals surface area (Å²) in [6.45, 7) is 5.54. The Morgan fingerprint density at radius 1 is 1.35 bits per heavy atom. The molecule has 2 radical (unpaired) electrons. The van der Waals surface area contributed by atoms with Crippen molar-refractivity contribution < 1.29 is 4.74 Å². The summed E-state index contributed by atoms with van der Waals surface area (Å²) in [7, 11) is 0. The monoisotopic (exact) mass is 266 g/mol. The molecule has 0 aliphatic carbocycles. The second kappa shape index (κ2) is 5.53. The molecule has 1 aromatic carbocycles. The second-order valence-corrected chi connectivity index (χ2v) is 4.93. The molecule has 0 saturated heterocycles. The smallest absolute Gasteiger partial charge is 0.128 e. The van der Waals surface area contributed by atoms with Gasteiger partial charge in [0.15, 0.2) is 0 Å². The lowest BCUT2D eigenvalue weighted by Crippen LogP contribution is -2.33. The molecule has 1 aromatic rings. The number of ether oxygens (including phenoxy) is 1. The van der Waals surface area contributed by atoms with Crippen LogP contribution in [0.2, 0.25) is 0 Å². The number of rotatable bonds is 3. The summed E-state index contributed by atoms with van der Waals surface area (Å²) >= 11 is 0. The first-order chi connectivity index (χ1) is 9.76. The van der Waals surface area contributed by atoms with Gasteiger partial charge in [-0.3, -0.25) is 4.99 Å². The van der Waals surface area contributed by atoms with E-state index in [0.29, 0.717) is 6.61 Å². The van der Waals surface area contributed by atoms with Gasteiger partial charge in [0.25, 0.3) is 0 Å². The van der Waals surface area contributed by atoms with Crippen molar-refractivity contribution in [3.05, 3.63) is 60.2 Å². The Hall–Kier alpha value is -2.03. The van der Waals surface area contributed by atoms with Gasteiger partial charge >= 0.3 is 0 Å². The second-order valence-electron chi connectivity index (χ2n) is 4.93. The van der Waals surface area contributed by atoms with E-state index < -0.39 is 0 Å². The van der Waals surface area contributed by atoms with Crippen LogP contribution in [0.25, 0.3) is 0 Å². The van der Waals surface area contributed by atoms with Crippen LogP contribution in [0.1, 0.15) is 25.5 Å². The van der Waals surface area contributed by atoms with E-state index in [1.165, 1.54) is 5.57 Å². The zero-order chi connectivity index (χ0) is 13.9. The van der Waals surface area contributed by atoms with Crippen LogP contribution in [0.5, 0.6) is 5.75 Å². The van der Waals surface area contributed by atoms with Crippen molar-refractivity contribution in [2.45, 2.75) is 19.9 Å². The van der Waals surface area contributed by atoms with Gasteiger partial charge < -0.3 is 9.64 Å². The van der Waals surface area contributed by atoms with Crippen LogP contribution in [0.4, 0.5) is 0 Å². The first-order valence-electron chi connectivity index (χ1n) is 6.93. The highest BCUT2D eigenvalue weighted by Gasteiger charge is 2.22. The quantitative estimate of drug-likeness (QED) is 0.837. The predicted molar refractivity (Wildman–Crippen MR) is 80.6 cm³/mol. The molecule has 2 aliphatic rings. The summed E-state index contributed by atoms with van der Waals surface area (Å²) in [6.07, 6.45) is 9.69. The number of fused-ring (bicyclic) bond motifs is 1. The maximum absolute atomic E-state index is 5.47. The predicted octanol–water partition coefficient (Wildman–Crippen LogP) is 3.40. The highest BCUT2D eigenvalue weighted by atomic mass is 16.5. The fraction of sp³-hybridized carbons (Fsp3) is 0.294. The Bertz CT molecular complexity index is 569. The molecule has 2 aliphatic heterocycles. The van der Waals surface area contributed by atoms with Gasteiger partial charge in [-0.15, -0.1) is 0 Å². The van der Waals surface area contributed by atoms with Crippen molar-refractivity contribution in [3.8, 4) is 5.75 Å². The van der Waals surface area contributed by atoms with Crippen LogP contribution in [0, 0.1) is 6.42 Å². The van der Waals surface area contributed by atoms with Crippen LogP contribution in [0.3, 0.4) is 0 Å². The average Bonchev–Trinajstić information content (AvgIpc) is 2.47. The Morgan fingerprint density at radius 3 is 2.90 bits per heavy atom. The highest BCUT2D eigenvalue weighted by molar-refractivity contribution is 5.96. The fourth-order valence-corrected chi connectivity index (χ4v) is 2.33. The van der Waals surface area contributed by atoms with Crippen LogP contribution < -0.4 is 4.74 Å². The number of amidine groups is 1. The fourth-order valence-electron chi connectivity index (χ4n) is 2.33. The molecule has 0 aromatic heterocycles. The molecule has 3 rings (SSSR count). The molecule has 102 valence electrons. The van der Waals surface area contributed by atoms with E-state index in [9.17, 15) is 0 Å². The van der Waals surface area contributed by atoms with Crippen molar-refractivity contribution in [2.24, 2.45) is 4.99 Å². The van der Waals surface area contributed by atoms with Crippen molar-refractivity contribution in [3.63, 3.8) is 0 Å². The van der Waals surface area contributed by atoms with Gasteiger partial charge in [-0.2, -0.15) is 0 Å². The summed E-state index contributed by atoms with van der Waals surface area (Å²) in [6, 6.07) is 8.13. The van der Waals surface area contributed by atoms with Crippen molar-refractivity contribution in [2.75, 3.05) is 13.2 Å². The summed E-state index contributed by atoms with van der Waals surface area (Å²) in [5, 5.41) is 0. The summed E-state index contributed by atoms with van der Waals surface area (Å²) in [5.74, 6) is 1.92. The number of allylic oxidation sites excluding steroid dienone is 2. The van der Waals surface area contributed by atoms with E-state index >= 15 is 0 Å². The molecule has 3 heteroatoms. The molecule has 0 N–H and O–H groups in total. The third kappa shape index (κ3) is 2.62. The summed E-state index contributed by atoms with van der Waals surface area (Å²) < 4.78 is 5.47. The molecule has 1 unspecified atom stereocenters. The van der Waals surface area contributed by atoms with Gasteiger partial charge in [-0.05, 0) is 49.3 Å². The molecule has 20 heavy (non-hydrogen) atoms. The van der Waals surface area contributed by atoms with Crippen LogP contribution in [0.15, 0.2) is 53.2 Å². The van der Waals surface area contributed by atoms with Gasteiger partial charge in [-0.25, -0.2) is 0 Å². The maximum Gasteiger partial charge on any atom is 0.128 e. The van der Waals surface area contributed by atoms with E-state index in [-0.39, 0.29) is 6.04 Å². The third-order valence-corrected chi connectivity index (χ3v) is 3.39. The molecule has 1 atom stereocenters. The molecule has 0 spiro atoms. The summed E-state index contributed by atoms with van der Waals surface area (Å²) in [4.78, 5) is 6.87. The van der Waals surface area contributed by atoms with Gasteiger partial charge in [0, 0.05) is 19.2 Å². The van der Waals surface area contributed by atoms with E-state index in [4.69, 9.17) is 9.73 Å². The molecular formula is C17H18N2O. The number of aliphatic imine (C=N–C) groups is 1. The summed E-state index contributed by atoms with van der Waals surface area (Å²) in [5.41, 5.74) is 2.38. The SMILES string of the molecule is CCOc1ccc(C2[C]CN3C=CC(C)=CC3=N2)cc1. The number of hydrogen-bond donors (Lipinski definition) is 0. The largest absolute Gasteiger partial charge is 0.494 e. The Balaban J connectivity index is 1.81. The lowest BCUT2D eigenvalue weighted by atomic mass is 10.0. The van der Waals surface area contributed by atoms with E-state index in [1.807, 2.05) is 19.1 Å². The highest BCUT2D eigenvalue weighted by Crippen LogP contribution is 2.28. The van der Waals surface area contributed by atoms with Gasteiger partial charge in [0.05, 0.1) is 12.6 Å². The molecule has 2 heterocycles. The Kier molecular flexibility index (Phi) is 3.59. The van der Waals surface area contributed by atoms with E-state index in [1.54, 1.807) is 0 Å². The first-order valence-corrected chi connectivity index (χ1v) is 6.93. The molecule has 0 fully saturated rings. The molecule has 0 bridgehead atoms.